The van der Waals surface area contributed by atoms with Crippen molar-refractivity contribution in [3.8, 4) is 0 Å². The normalized spacial score (nSPS) is 11.8. The summed E-state index contributed by atoms with van der Waals surface area (Å²) in [6, 6.07) is 19.0. The summed E-state index contributed by atoms with van der Waals surface area (Å²) in [5.74, 6) is 0. The Kier molecular flexibility index (Phi) is 38.9. The van der Waals surface area contributed by atoms with Gasteiger partial charge in [0.1, 0.15) is 20.2 Å². The molecule has 0 spiro atoms. The van der Waals surface area contributed by atoms with Crippen LogP contribution in [0.5, 0.6) is 0 Å². The van der Waals surface area contributed by atoms with E-state index in [1.54, 1.807) is 12.1 Å². The van der Waals surface area contributed by atoms with E-state index in [9.17, 15) is 25.9 Å². The molecule has 0 saturated carbocycles. The van der Waals surface area contributed by atoms with Crippen LogP contribution in [-0.2, 0) is 45.9 Å². The number of aryl methyl sites for hydroxylation is 4. The summed E-state index contributed by atoms with van der Waals surface area (Å²) < 4.78 is 72.6. The van der Waals surface area contributed by atoms with Crippen molar-refractivity contribution in [2.45, 2.75) is 294 Å². The minimum atomic E-state index is -4.51. The van der Waals surface area contributed by atoms with Gasteiger partial charge < -0.3 is 9.11 Å². The van der Waals surface area contributed by atoms with Crippen molar-refractivity contribution in [2.75, 3.05) is 0 Å². The van der Waals surface area contributed by atoms with Crippen LogP contribution in [0.2, 0.25) is 0 Å². The number of benzene rings is 4. The molecule has 0 fully saturated rings. The Hall–Kier alpha value is -1.21. The van der Waals surface area contributed by atoms with E-state index in [1.165, 1.54) is 204 Å². The molecule has 0 bridgehead atoms. The van der Waals surface area contributed by atoms with Gasteiger partial charge in [-0.15, -0.1) is 0 Å². The first-order chi connectivity index (χ1) is 35.0. The molecule has 408 valence electrons. The van der Waals surface area contributed by atoms with Crippen molar-refractivity contribution in [2.24, 2.45) is 0 Å². The first-order valence-corrected chi connectivity index (χ1v) is 32.8. The SMILES string of the molecule is CCCCCCCCCCCc1ccc(S(=O)(=O)[O-])c2c(CCCCCCCCCCC)cccc12.CCCCCCCCCCCc1ccc(S(=O)(=O)[O-])c2c(CCCCCCCCCCC)cccc12.[Ba+2]. The number of hydrogen-bond acceptors (Lipinski definition) is 6. The third-order valence-electron chi connectivity index (χ3n) is 15.1. The van der Waals surface area contributed by atoms with Gasteiger partial charge in [0.2, 0.25) is 0 Å². The molecular weight excluding hydrogens is 1070 g/mol. The van der Waals surface area contributed by atoms with Gasteiger partial charge in [0, 0.05) is 10.8 Å². The summed E-state index contributed by atoms with van der Waals surface area (Å²) in [7, 11) is -9.02. The Morgan fingerprint density at radius 3 is 0.740 bits per heavy atom. The average Bonchev–Trinajstić information content (AvgIpc) is 3.36. The van der Waals surface area contributed by atoms with Crippen LogP contribution in [0.4, 0.5) is 0 Å². The van der Waals surface area contributed by atoms with Crippen molar-refractivity contribution in [1.82, 2.24) is 0 Å². The third kappa shape index (κ3) is 28.3. The van der Waals surface area contributed by atoms with Gasteiger partial charge in [-0.05, 0) is 96.5 Å². The van der Waals surface area contributed by atoms with E-state index in [-0.39, 0.29) is 58.7 Å². The standard InChI is InChI=1S/2C32H52O3S.Ba/c2*1-3-5-7-9-11-13-15-17-19-22-28-26-27-31(36(33,34)35)32-29(24-21-25-30(28)32)23-20-18-16-14-12-10-8-6-4-2;/h2*21,24-27H,3-20,22-23H2,1-2H3,(H,33,34,35);/q;;+2/p-2. The molecule has 6 nitrogen and oxygen atoms in total. The molecule has 73 heavy (non-hydrogen) atoms. The Balaban J connectivity index is 0.000000493. The molecule has 0 aliphatic carbocycles. The molecule has 0 aliphatic heterocycles. The predicted molar refractivity (Wildman–Crippen MR) is 313 cm³/mol. The van der Waals surface area contributed by atoms with E-state index in [2.05, 4.69) is 27.7 Å². The van der Waals surface area contributed by atoms with E-state index >= 15 is 0 Å². The molecule has 0 atom stereocenters. The molecule has 0 unspecified atom stereocenters. The van der Waals surface area contributed by atoms with Gasteiger partial charge in [-0.1, -0.05) is 282 Å². The Bertz CT molecular complexity index is 2100. The first-order valence-electron chi connectivity index (χ1n) is 30.0. The fraction of sp³-hybridized carbons (Fsp3) is 0.688. The Morgan fingerprint density at radius 2 is 0.507 bits per heavy atom. The van der Waals surface area contributed by atoms with Gasteiger partial charge in [0.15, 0.2) is 0 Å². The maximum atomic E-state index is 12.1. The fourth-order valence-corrected chi connectivity index (χ4v) is 12.2. The van der Waals surface area contributed by atoms with Gasteiger partial charge in [0.25, 0.3) is 0 Å². The molecular formula is C64H102BaO6S2. The van der Waals surface area contributed by atoms with Crippen LogP contribution in [-0.4, -0.2) is 74.8 Å². The quantitative estimate of drug-likeness (QED) is 0.0248. The number of rotatable bonds is 42. The molecule has 4 rings (SSSR count). The first kappa shape index (κ1) is 67.9. The topological polar surface area (TPSA) is 114 Å². The summed E-state index contributed by atoms with van der Waals surface area (Å²) in [5.41, 5.74) is 4.38. The average molecular weight is 1170 g/mol. The fourth-order valence-electron chi connectivity index (χ4n) is 10.8. The zero-order chi connectivity index (χ0) is 52.1. The van der Waals surface area contributed by atoms with Gasteiger partial charge in [-0.25, -0.2) is 16.8 Å². The predicted octanol–water partition coefficient (Wildman–Crippen LogP) is 19.4. The van der Waals surface area contributed by atoms with Crippen LogP contribution >= 0.6 is 0 Å². The second-order valence-electron chi connectivity index (χ2n) is 21.3. The van der Waals surface area contributed by atoms with Crippen LogP contribution in [0.3, 0.4) is 0 Å². The van der Waals surface area contributed by atoms with Crippen LogP contribution in [0, 0.1) is 0 Å². The summed E-state index contributed by atoms with van der Waals surface area (Å²) in [6.07, 6.45) is 49.3. The largest absolute Gasteiger partial charge is 2.00 e. The molecule has 0 aromatic heterocycles. The van der Waals surface area contributed by atoms with E-state index in [4.69, 9.17) is 0 Å². The smallest absolute Gasteiger partial charge is 0.744 e. The molecule has 0 saturated heterocycles. The van der Waals surface area contributed by atoms with E-state index in [0.29, 0.717) is 10.8 Å². The summed E-state index contributed by atoms with van der Waals surface area (Å²) in [4.78, 5) is -0.0836. The molecule has 0 heterocycles. The number of hydrogen-bond donors (Lipinski definition) is 0. The molecule has 0 radical (unpaired) electrons. The molecule has 0 N–H and O–H groups in total. The number of unbranched alkanes of at least 4 members (excludes halogenated alkanes) is 32. The van der Waals surface area contributed by atoms with Crippen molar-refractivity contribution >= 4 is 90.7 Å². The number of fused-ring (bicyclic) bond motifs is 2. The van der Waals surface area contributed by atoms with E-state index in [1.807, 2.05) is 48.5 Å². The molecule has 0 amide bonds. The van der Waals surface area contributed by atoms with Crippen molar-refractivity contribution in [1.29, 1.82) is 0 Å². The molecule has 4 aromatic carbocycles. The third-order valence-corrected chi connectivity index (χ3v) is 16.9. The van der Waals surface area contributed by atoms with Crippen molar-refractivity contribution in [3.05, 3.63) is 82.9 Å². The maximum absolute atomic E-state index is 12.1. The van der Waals surface area contributed by atoms with Crippen LogP contribution in [0.1, 0.15) is 281 Å². The zero-order valence-electron chi connectivity index (χ0n) is 47.0. The van der Waals surface area contributed by atoms with E-state index < -0.39 is 20.2 Å². The summed E-state index contributed by atoms with van der Waals surface area (Å²) in [6.45, 7) is 9.00. The monoisotopic (exact) mass is 1170 g/mol. The van der Waals surface area contributed by atoms with Gasteiger partial charge in [-0.3, -0.25) is 0 Å². The minimum Gasteiger partial charge on any atom is -0.744 e. The second kappa shape index (κ2) is 41.8. The maximum Gasteiger partial charge on any atom is 2.00 e. The van der Waals surface area contributed by atoms with Crippen LogP contribution < -0.4 is 0 Å². The van der Waals surface area contributed by atoms with Crippen LogP contribution in [0.25, 0.3) is 21.5 Å². The van der Waals surface area contributed by atoms with Gasteiger partial charge >= 0.3 is 48.9 Å². The minimum absolute atomic E-state index is 0. The molecule has 9 heteroatoms. The summed E-state index contributed by atoms with van der Waals surface area (Å²) in [5, 5.41) is 3.28. The van der Waals surface area contributed by atoms with Crippen LogP contribution in [0.15, 0.2) is 70.5 Å². The Labute approximate surface area is 489 Å². The van der Waals surface area contributed by atoms with Crippen molar-refractivity contribution < 1.29 is 25.9 Å². The molecule has 4 aromatic rings. The molecule has 0 aliphatic rings. The van der Waals surface area contributed by atoms with Gasteiger partial charge in [-0.2, -0.15) is 0 Å². The van der Waals surface area contributed by atoms with Gasteiger partial charge in [0.05, 0.1) is 9.79 Å². The van der Waals surface area contributed by atoms with E-state index in [0.717, 1.165) is 86.1 Å². The van der Waals surface area contributed by atoms with Crippen molar-refractivity contribution in [3.63, 3.8) is 0 Å². The zero-order valence-corrected chi connectivity index (χ0v) is 53.1. The Morgan fingerprint density at radius 1 is 0.288 bits per heavy atom. The summed E-state index contributed by atoms with van der Waals surface area (Å²) >= 11 is 0. The second-order valence-corrected chi connectivity index (χ2v) is 24.0.